The van der Waals surface area contributed by atoms with Crippen molar-refractivity contribution in [3.8, 4) is 0 Å². The number of aliphatic hydroxyl groups is 1. The highest BCUT2D eigenvalue weighted by Gasteiger charge is 2.15. The third-order valence-electron chi connectivity index (χ3n) is 3.37. The quantitative estimate of drug-likeness (QED) is 0.652. The van der Waals surface area contributed by atoms with Crippen molar-refractivity contribution in [3.63, 3.8) is 0 Å². The van der Waals surface area contributed by atoms with Gasteiger partial charge in [-0.15, -0.1) is 0 Å². The molecule has 0 aliphatic heterocycles. The van der Waals surface area contributed by atoms with Gasteiger partial charge in [0, 0.05) is 26.7 Å². The summed E-state index contributed by atoms with van der Waals surface area (Å²) >= 11 is 0. The van der Waals surface area contributed by atoms with Crippen LogP contribution < -0.4 is 10.2 Å². The lowest BCUT2D eigenvalue weighted by molar-refractivity contribution is 0.283. The number of rotatable bonds is 10. The number of benzene rings is 1. The lowest BCUT2D eigenvalue weighted by atomic mass is 10.1. The van der Waals surface area contributed by atoms with Crippen LogP contribution in [0.2, 0.25) is 0 Å². The second-order valence-corrected chi connectivity index (χ2v) is 5.29. The van der Waals surface area contributed by atoms with E-state index in [1.54, 1.807) is 11.9 Å². The minimum Gasteiger partial charge on any atom is -0.396 e. The minimum atomic E-state index is -0.520. The third-order valence-corrected chi connectivity index (χ3v) is 3.37. The van der Waals surface area contributed by atoms with Crippen LogP contribution in [0.1, 0.15) is 38.2 Å². The first-order valence-electron chi connectivity index (χ1n) is 7.60. The second-order valence-electron chi connectivity index (χ2n) is 5.29. The molecule has 0 spiro atoms. The molecule has 0 unspecified atom stereocenters. The number of nitrogens with zero attached hydrogens (tertiary/aromatic N) is 1. The summed E-state index contributed by atoms with van der Waals surface area (Å²) in [6.07, 6.45) is 3.36. The molecule has 5 heteroatoms. The Bertz CT molecular complexity index is 404. The molecule has 0 aliphatic carbocycles. The smallest absolute Gasteiger partial charge is 0.149 e. The van der Waals surface area contributed by atoms with E-state index in [0.29, 0.717) is 18.7 Å². The summed E-state index contributed by atoms with van der Waals surface area (Å²) in [6, 6.07) is 2.79. The van der Waals surface area contributed by atoms with E-state index < -0.39 is 11.6 Å². The summed E-state index contributed by atoms with van der Waals surface area (Å²) in [4.78, 5) is 1.60. The van der Waals surface area contributed by atoms with Gasteiger partial charge in [0.15, 0.2) is 0 Å². The molecule has 0 aromatic heterocycles. The van der Waals surface area contributed by atoms with Gasteiger partial charge >= 0.3 is 0 Å². The van der Waals surface area contributed by atoms with Gasteiger partial charge in [0.25, 0.3) is 0 Å². The molecule has 0 atom stereocenters. The van der Waals surface area contributed by atoms with E-state index in [-0.39, 0.29) is 12.3 Å². The van der Waals surface area contributed by atoms with Crippen LogP contribution >= 0.6 is 0 Å². The number of anilines is 1. The Labute approximate surface area is 126 Å². The monoisotopic (exact) mass is 300 g/mol. The molecule has 0 saturated heterocycles. The zero-order chi connectivity index (χ0) is 15.7. The Morgan fingerprint density at radius 1 is 1.14 bits per heavy atom. The lowest BCUT2D eigenvalue weighted by Crippen LogP contribution is -2.22. The third kappa shape index (κ3) is 5.98. The van der Waals surface area contributed by atoms with E-state index in [1.807, 2.05) is 6.92 Å². The topological polar surface area (TPSA) is 35.5 Å². The van der Waals surface area contributed by atoms with Crippen LogP contribution in [0, 0.1) is 11.6 Å². The van der Waals surface area contributed by atoms with Crippen molar-refractivity contribution in [1.82, 2.24) is 5.32 Å². The van der Waals surface area contributed by atoms with Crippen LogP contribution in [-0.4, -0.2) is 31.9 Å². The number of hydrogen-bond acceptors (Lipinski definition) is 3. The molecule has 0 fully saturated rings. The first kappa shape index (κ1) is 17.9. The number of nitrogens with one attached hydrogen (secondary N) is 1. The number of unbranched alkanes of at least 4 members (excludes halogenated alkanes) is 2. The van der Waals surface area contributed by atoms with Crippen LogP contribution in [-0.2, 0) is 6.54 Å². The Kier molecular flexibility index (Phi) is 8.23. The fraction of sp³-hybridized carbons (Fsp3) is 0.625. The summed E-state index contributed by atoms with van der Waals surface area (Å²) < 4.78 is 28.2. The molecule has 0 amide bonds. The highest BCUT2D eigenvalue weighted by molar-refractivity contribution is 5.50. The zero-order valence-corrected chi connectivity index (χ0v) is 13.0. The van der Waals surface area contributed by atoms with Gasteiger partial charge in [-0.2, -0.15) is 0 Å². The van der Waals surface area contributed by atoms with Crippen molar-refractivity contribution >= 4 is 5.69 Å². The van der Waals surface area contributed by atoms with Gasteiger partial charge in [-0.1, -0.05) is 6.92 Å². The standard InChI is InChI=1S/C16H26F2N2O/c1-3-7-19-12-13-10-14(17)16(15(18)11-13)20(2)8-5-4-6-9-21/h10-11,19,21H,3-9,12H2,1-2H3. The zero-order valence-electron chi connectivity index (χ0n) is 13.0. The highest BCUT2D eigenvalue weighted by atomic mass is 19.1. The van der Waals surface area contributed by atoms with E-state index in [0.717, 1.165) is 32.2 Å². The second kappa shape index (κ2) is 9.68. The van der Waals surface area contributed by atoms with Gasteiger partial charge in [0.05, 0.1) is 0 Å². The van der Waals surface area contributed by atoms with Gasteiger partial charge in [0.1, 0.15) is 17.3 Å². The van der Waals surface area contributed by atoms with Crippen LogP contribution in [0.15, 0.2) is 12.1 Å². The molecule has 0 radical (unpaired) electrons. The van der Waals surface area contributed by atoms with Crippen molar-refractivity contribution in [2.45, 2.75) is 39.2 Å². The van der Waals surface area contributed by atoms with Crippen molar-refractivity contribution < 1.29 is 13.9 Å². The number of hydrogen-bond donors (Lipinski definition) is 2. The van der Waals surface area contributed by atoms with Crippen molar-refractivity contribution in [2.24, 2.45) is 0 Å². The maximum absolute atomic E-state index is 14.1. The molecule has 0 aliphatic rings. The van der Waals surface area contributed by atoms with E-state index in [1.165, 1.54) is 12.1 Å². The molecule has 21 heavy (non-hydrogen) atoms. The number of halogens is 2. The normalized spacial score (nSPS) is 10.9. The molecular formula is C16H26F2N2O. The van der Waals surface area contributed by atoms with Crippen LogP contribution in [0.25, 0.3) is 0 Å². The molecule has 1 rings (SSSR count). The average Bonchev–Trinajstić information content (AvgIpc) is 2.43. The van der Waals surface area contributed by atoms with E-state index in [2.05, 4.69) is 5.32 Å². The summed E-state index contributed by atoms with van der Waals surface area (Å²) in [5, 5.41) is 11.8. The molecule has 3 nitrogen and oxygen atoms in total. The predicted molar refractivity (Wildman–Crippen MR) is 82.6 cm³/mol. The Morgan fingerprint density at radius 2 is 1.81 bits per heavy atom. The molecule has 0 bridgehead atoms. The van der Waals surface area contributed by atoms with Gasteiger partial charge in [0.2, 0.25) is 0 Å². The van der Waals surface area contributed by atoms with E-state index in [9.17, 15) is 8.78 Å². The van der Waals surface area contributed by atoms with Crippen LogP contribution in [0.4, 0.5) is 14.5 Å². The Morgan fingerprint density at radius 3 is 2.38 bits per heavy atom. The summed E-state index contributed by atoms with van der Waals surface area (Å²) in [5.41, 5.74) is 0.647. The fourth-order valence-corrected chi connectivity index (χ4v) is 2.24. The van der Waals surface area contributed by atoms with Crippen molar-refractivity contribution in [2.75, 3.05) is 31.6 Å². The summed E-state index contributed by atoms with van der Waals surface area (Å²) in [5.74, 6) is -1.04. The largest absolute Gasteiger partial charge is 0.396 e. The first-order chi connectivity index (χ1) is 10.1. The lowest BCUT2D eigenvalue weighted by Gasteiger charge is -2.21. The summed E-state index contributed by atoms with van der Waals surface area (Å²) in [6.45, 7) is 4.08. The fourth-order valence-electron chi connectivity index (χ4n) is 2.24. The highest BCUT2D eigenvalue weighted by Crippen LogP contribution is 2.24. The van der Waals surface area contributed by atoms with Gasteiger partial charge in [-0.05, 0) is 49.9 Å². The van der Waals surface area contributed by atoms with Crippen molar-refractivity contribution in [3.05, 3.63) is 29.3 Å². The van der Waals surface area contributed by atoms with E-state index in [4.69, 9.17) is 5.11 Å². The maximum Gasteiger partial charge on any atom is 0.149 e. The molecule has 0 saturated carbocycles. The number of aliphatic hydroxyl groups excluding tert-OH is 1. The molecule has 120 valence electrons. The first-order valence-corrected chi connectivity index (χ1v) is 7.60. The Hall–Kier alpha value is -1.20. The SMILES string of the molecule is CCCNCc1cc(F)c(N(C)CCCCCO)c(F)c1. The maximum atomic E-state index is 14.1. The van der Waals surface area contributed by atoms with Crippen molar-refractivity contribution in [1.29, 1.82) is 0 Å². The molecule has 1 aromatic rings. The van der Waals surface area contributed by atoms with Crippen LogP contribution in [0.5, 0.6) is 0 Å². The van der Waals surface area contributed by atoms with Gasteiger partial charge in [-0.3, -0.25) is 0 Å². The molecule has 2 N–H and O–H groups in total. The van der Waals surface area contributed by atoms with Gasteiger partial charge < -0.3 is 15.3 Å². The Balaban J connectivity index is 2.65. The minimum absolute atomic E-state index is 0.0261. The average molecular weight is 300 g/mol. The molecule has 0 heterocycles. The van der Waals surface area contributed by atoms with Crippen LogP contribution in [0.3, 0.4) is 0 Å². The van der Waals surface area contributed by atoms with E-state index >= 15 is 0 Å². The predicted octanol–water partition coefficient (Wildman–Crippen LogP) is 3.06. The molecule has 1 aromatic carbocycles. The van der Waals surface area contributed by atoms with Gasteiger partial charge in [-0.25, -0.2) is 8.78 Å². The summed E-state index contributed by atoms with van der Waals surface area (Å²) in [7, 11) is 1.69. The molecular weight excluding hydrogens is 274 g/mol.